The maximum Gasteiger partial charge on any atom is 0.411 e. The molecule has 0 amide bonds. The Morgan fingerprint density at radius 1 is 1.26 bits per heavy atom. The Hall–Kier alpha value is -0.820. The molecule has 0 aliphatic carbocycles. The molecule has 0 aromatic rings. The van der Waals surface area contributed by atoms with Crippen molar-refractivity contribution in [3.8, 4) is 0 Å². The topological polar surface area (TPSA) is 61.5 Å². The molecule has 0 bridgehead atoms. The van der Waals surface area contributed by atoms with Gasteiger partial charge in [0, 0.05) is 6.54 Å². The number of carbonyl (C=O) groups excluding carboxylic acids is 1. The SMILES string of the molecule is CCOC(=O)C(CN)(COCC(F)(F)F)CC(C)C. The summed E-state index contributed by atoms with van der Waals surface area (Å²) in [6.07, 6.45) is -4.10. The number of halogens is 3. The van der Waals surface area contributed by atoms with Crippen LogP contribution in [0.15, 0.2) is 0 Å². The molecule has 0 heterocycles. The van der Waals surface area contributed by atoms with E-state index < -0.39 is 24.2 Å². The lowest BCUT2D eigenvalue weighted by Crippen LogP contribution is -2.45. The van der Waals surface area contributed by atoms with Gasteiger partial charge < -0.3 is 15.2 Å². The molecule has 4 nitrogen and oxygen atoms in total. The van der Waals surface area contributed by atoms with Crippen LogP contribution < -0.4 is 5.73 Å². The van der Waals surface area contributed by atoms with Crippen LogP contribution in [-0.2, 0) is 14.3 Å². The Balaban J connectivity index is 4.77. The summed E-state index contributed by atoms with van der Waals surface area (Å²) in [5.74, 6) is -0.518. The van der Waals surface area contributed by atoms with Gasteiger partial charge >= 0.3 is 12.1 Å². The lowest BCUT2D eigenvalue weighted by Gasteiger charge is -2.31. The van der Waals surface area contributed by atoms with E-state index in [1.54, 1.807) is 6.92 Å². The molecule has 0 fully saturated rings. The van der Waals surface area contributed by atoms with Crippen LogP contribution in [0.5, 0.6) is 0 Å². The zero-order valence-corrected chi connectivity index (χ0v) is 11.5. The van der Waals surface area contributed by atoms with E-state index in [-0.39, 0.29) is 25.7 Å². The molecule has 114 valence electrons. The van der Waals surface area contributed by atoms with Crippen LogP contribution in [-0.4, -0.2) is 38.5 Å². The van der Waals surface area contributed by atoms with Crippen LogP contribution in [0.1, 0.15) is 27.2 Å². The van der Waals surface area contributed by atoms with E-state index in [9.17, 15) is 18.0 Å². The Bertz CT molecular complexity index is 282. The molecule has 0 aromatic heterocycles. The van der Waals surface area contributed by atoms with Crippen LogP contribution in [0.25, 0.3) is 0 Å². The van der Waals surface area contributed by atoms with Gasteiger partial charge in [0.25, 0.3) is 0 Å². The Morgan fingerprint density at radius 2 is 1.84 bits per heavy atom. The third kappa shape index (κ3) is 6.77. The molecule has 1 atom stereocenters. The quantitative estimate of drug-likeness (QED) is 0.694. The maximum atomic E-state index is 12.1. The fraction of sp³-hybridized carbons (Fsp3) is 0.917. The second-order valence-corrected chi connectivity index (χ2v) is 4.91. The van der Waals surface area contributed by atoms with Crippen LogP contribution >= 0.6 is 0 Å². The van der Waals surface area contributed by atoms with Gasteiger partial charge in [0.05, 0.1) is 13.2 Å². The summed E-state index contributed by atoms with van der Waals surface area (Å²) in [6, 6.07) is 0. The van der Waals surface area contributed by atoms with E-state index in [4.69, 9.17) is 10.5 Å². The van der Waals surface area contributed by atoms with Crippen LogP contribution in [0, 0.1) is 11.3 Å². The number of esters is 1. The van der Waals surface area contributed by atoms with E-state index in [1.807, 2.05) is 13.8 Å². The Labute approximate surface area is 111 Å². The zero-order valence-electron chi connectivity index (χ0n) is 11.5. The van der Waals surface area contributed by atoms with Gasteiger partial charge in [-0.05, 0) is 19.3 Å². The third-order valence-corrected chi connectivity index (χ3v) is 2.54. The van der Waals surface area contributed by atoms with Crippen molar-refractivity contribution in [2.45, 2.75) is 33.4 Å². The number of rotatable bonds is 8. The van der Waals surface area contributed by atoms with Gasteiger partial charge in [0.1, 0.15) is 12.0 Å². The van der Waals surface area contributed by atoms with E-state index >= 15 is 0 Å². The van der Waals surface area contributed by atoms with Crippen molar-refractivity contribution in [1.29, 1.82) is 0 Å². The van der Waals surface area contributed by atoms with Gasteiger partial charge in [-0.3, -0.25) is 4.79 Å². The summed E-state index contributed by atoms with van der Waals surface area (Å²) in [5.41, 5.74) is 4.36. The molecule has 0 saturated heterocycles. The van der Waals surface area contributed by atoms with Crippen LogP contribution in [0.4, 0.5) is 13.2 Å². The summed E-state index contributed by atoms with van der Waals surface area (Å²) in [5, 5.41) is 0. The highest BCUT2D eigenvalue weighted by Gasteiger charge is 2.41. The molecule has 0 spiro atoms. The summed E-state index contributed by atoms with van der Waals surface area (Å²) in [6.45, 7) is 3.60. The third-order valence-electron chi connectivity index (χ3n) is 2.54. The maximum absolute atomic E-state index is 12.1. The van der Waals surface area contributed by atoms with Crippen LogP contribution in [0.2, 0.25) is 0 Å². The fourth-order valence-corrected chi connectivity index (χ4v) is 1.85. The van der Waals surface area contributed by atoms with Gasteiger partial charge in [0.15, 0.2) is 0 Å². The van der Waals surface area contributed by atoms with Crippen molar-refractivity contribution >= 4 is 5.97 Å². The Kier molecular flexibility index (Phi) is 7.36. The minimum Gasteiger partial charge on any atom is -0.465 e. The zero-order chi connectivity index (χ0) is 15.1. The van der Waals surface area contributed by atoms with E-state index in [0.29, 0.717) is 6.42 Å². The number of ether oxygens (including phenoxy) is 2. The van der Waals surface area contributed by atoms with Crippen molar-refractivity contribution in [3.63, 3.8) is 0 Å². The highest BCUT2D eigenvalue weighted by Crippen LogP contribution is 2.29. The number of carbonyl (C=O) groups is 1. The van der Waals surface area contributed by atoms with Gasteiger partial charge in [0.2, 0.25) is 0 Å². The summed E-state index contributed by atoms with van der Waals surface area (Å²) >= 11 is 0. The van der Waals surface area contributed by atoms with Crippen molar-refractivity contribution in [3.05, 3.63) is 0 Å². The average Bonchev–Trinajstić information content (AvgIpc) is 2.25. The van der Waals surface area contributed by atoms with Gasteiger partial charge in [-0.2, -0.15) is 13.2 Å². The first-order chi connectivity index (χ1) is 8.67. The fourth-order valence-electron chi connectivity index (χ4n) is 1.85. The summed E-state index contributed by atoms with van der Waals surface area (Å²) in [7, 11) is 0. The highest BCUT2D eigenvalue weighted by molar-refractivity contribution is 5.77. The molecule has 1 unspecified atom stereocenters. The lowest BCUT2D eigenvalue weighted by molar-refractivity contribution is -0.188. The number of nitrogens with two attached hydrogens (primary N) is 1. The van der Waals surface area contributed by atoms with Crippen LogP contribution in [0.3, 0.4) is 0 Å². The smallest absolute Gasteiger partial charge is 0.411 e. The lowest BCUT2D eigenvalue weighted by atomic mass is 9.80. The molecule has 0 saturated carbocycles. The summed E-state index contributed by atoms with van der Waals surface area (Å²) < 4.78 is 45.7. The molecule has 0 aliphatic heterocycles. The first-order valence-corrected chi connectivity index (χ1v) is 6.18. The minimum atomic E-state index is -4.42. The van der Waals surface area contributed by atoms with Crippen molar-refractivity contribution in [2.75, 3.05) is 26.4 Å². The molecule has 7 heteroatoms. The second kappa shape index (κ2) is 7.69. The van der Waals surface area contributed by atoms with E-state index in [1.165, 1.54) is 0 Å². The molecule has 19 heavy (non-hydrogen) atoms. The van der Waals surface area contributed by atoms with Gasteiger partial charge in [-0.25, -0.2) is 0 Å². The summed E-state index contributed by atoms with van der Waals surface area (Å²) in [4.78, 5) is 11.9. The van der Waals surface area contributed by atoms with Gasteiger partial charge in [-0.15, -0.1) is 0 Å². The standard InChI is InChI=1S/C12H22F3NO3/c1-4-19-10(17)11(6-16,5-9(2)3)7-18-8-12(13,14)15/h9H,4-8,16H2,1-3H3. The number of alkyl halides is 3. The van der Waals surface area contributed by atoms with Gasteiger partial charge in [-0.1, -0.05) is 13.8 Å². The predicted molar refractivity (Wildman–Crippen MR) is 64.4 cm³/mol. The average molecular weight is 285 g/mol. The molecule has 0 aliphatic rings. The normalized spacial score (nSPS) is 15.4. The first kappa shape index (κ1) is 18.2. The second-order valence-electron chi connectivity index (χ2n) is 4.91. The largest absolute Gasteiger partial charge is 0.465 e. The highest BCUT2D eigenvalue weighted by atomic mass is 19.4. The molecular formula is C12H22F3NO3. The number of hydrogen-bond donors (Lipinski definition) is 1. The van der Waals surface area contributed by atoms with Crippen molar-refractivity contribution in [2.24, 2.45) is 17.1 Å². The minimum absolute atomic E-state index is 0.0856. The number of hydrogen-bond acceptors (Lipinski definition) is 4. The monoisotopic (exact) mass is 285 g/mol. The molecular weight excluding hydrogens is 263 g/mol. The van der Waals surface area contributed by atoms with E-state index in [0.717, 1.165) is 0 Å². The van der Waals surface area contributed by atoms with E-state index in [2.05, 4.69) is 4.74 Å². The molecule has 0 aromatic carbocycles. The Morgan fingerprint density at radius 3 is 2.21 bits per heavy atom. The first-order valence-electron chi connectivity index (χ1n) is 6.18. The molecule has 2 N–H and O–H groups in total. The van der Waals surface area contributed by atoms with Crippen molar-refractivity contribution in [1.82, 2.24) is 0 Å². The molecule has 0 radical (unpaired) electrons. The molecule has 0 rings (SSSR count). The predicted octanol–water partition coefficient (Wildman–Crippen LogP) is 2.12. The van der Waals surface area contributed by atoms with Crippen molar-refractivity contribution < 1.29 is 27.4 Å².